The monoisotopic (exact) mass is 251 g/mol. The summed E-state index contributed by atoms with van der Waals surface area (Å²) in [5.41, 5.74) is 4.29. The third kappa shape index (κ3) is 19.2. The second kappa shape index (κ2) is 14.6. The maximum absolute atomic E-state index is 7.88. The molecule has 0 bridgehead atoms. The van der Waals surface area contributed by atoms with Crippen LogP contribution >= 0.6 is 8.53 Å². The van der Waals surface area contributed by atoms with Crippen LogP contribution in [0.5, 0.6) is 0 Å². The molecule has 0 spiro atoms. The molecule has 1 aromatic heterocycles. The van der Waals surface area contributed by atoms with E-state index in [1.807, 2.05) is 19.1 Å². The van der Waals surface area contributed by atoms with Crippen molar-refractivity contribution in [1.82, 2.24) is 0 Å². The van der Waals surface area contributed by atoms with Gasteiger partial charge in [-0.2, -0.15) is 0 Å². The lowest BCUT2D eigenvalue weighted by Gasteiger charge is -1.85. The van der Waals surface area contributed by atoms with Gasteiger partial charge in [-0.25, -0.2) is 0 Å². The van der Waals surface area contributed by atoms with E-state index in [0.717, 1.165) is 25.0 Å². The molecule has 0 aliphatic rings. The van der Waals surface area contributed by atoms with Crippen molar-refractivity contribution >= 4 is 8.53 Å². The van der Waals surface area contributed by atoms with Crippen LogP contribution in [0.3, 0.4) is 0 Å². The molecule has 1 rings (SSSR count). The van der Waals surface area contributed by atoms with Gasteiger partial charge in [0.25, 0.3) is 0 Å². The summed E-state index contributed by atoms with van der Waals surface area (Å²) in [6.45, 7) is 4.39. The molecule has 5 N–H and O–H groups in total. The van der Waals surface area contributed by atoms with Crippen molar-refractivity contribution in [1.29, 1.82) is 0 Å². The van der Waals surface area contributed by atoms with Gasteiger partial charge in [-0.1, -0.05) is 13.8 Å². The summed E-state index contributed by atoms with van der Waals surface area (Å²) in [4.78, 5) is 14.9. The predicted molar refractivity (Wildman–Crippen MR) is 65.6 cm³/mol. The number of nitrogens with two attached hydrogens (primary N) is 1. The van der Waals surface area contributed by atoms with E-state index in [0.29, 0.717) is 6.61 Å². The third-order valence-electron chi connectivity index (χ3n) is 1.30. The van der Waals surface area contributed by atoms with E-state index in [2.05, 4.69) is 12.4 Å². The Morgan fingerprint density at radius 2 is 1.81 bits per heavy atom. The van der Waals surface area contributed by atoms with Gasteiger partial charge in [0.05, 0.1) is 6.26 Å². The molecule has 0 radical (unpaired) electrons. The fourth-order valence-electron chi connectivity index (χ4n) is 0.701. The standard InChI is InChI=1S/C7H10O.C3H8O.H4NO2P/c1-2-4-7-5-3-6-8-7;1-2-3-4;1-4(2)3/h3,5-6H,2,4H2,1H3;4H,2-3H2,1H3;2-3H,1H2. The van der Waals surface area contributed by atoms with Crippen LogP contribution in [0.25, 0.3) is 0 Å². The highest BCUT2D eigenvalue weighted by molar-refractivity contribution is 7.42. The normalized spacial score (nSPS) is 8.94. The molecular formula is C10H22NO4P. The van der Waals surface area contributed by atoms with E-state index in [1.165, 1.54) is 0 Å². The molecule has 0 saturated heterocycles. The van der Waals surface area contributed by atoms with Gasteiger partial charge in [-0.05, 0) is 25.0 Å². The zero-order valence-corrected chi connectivity index (χ0v) is 10.7. The Morgan fingerprint density at radius 3 is 2.06 bits per heavy atom. The Kier molecular flexibility index (Phi) is 16.3. The Labute approximate surface area is 97.9 Å². The minimum atomic E-state index is -2.12. The third-order valence-corrected chi connectivity index (χ3v) is 1.30. The highest BCUT2D eigenvalue weighted by atomic mass is 31.2. The highest BCUT2D eigenvalue weighted by Crippen LogP contribution is 2.05. The number of rotatable bonds is 3. The lowest BCUT2D eigenvalue weighted by molar-refractivity contribution is 0.295. The first-order valence-corrected chi connectivity index (χ1v) is 6.45. The van der Waals surface area contributed by atoms with Crippen molar-refractivity contribution in [2.75, 3.05) is 6.61 Å². The van der Waals surface area contributed by atoms with E-state index in [4.69, 9.17) is 19.3 Å². The van der Waals surface area contributed by atoms with Crippen LogP contribution in [0.1, 0.15) is 32.4 Å². The Bertz CT molecular complexity index is 200. The zero-order chi connectivity index (χ0) is 12.8. The van der Waals surface area contributed by atoms with Gasteiger partial charge in [0.1, 0.15) is 5.76 Å². The van der Waals surface area contributed by atoms with E-state index in [9.17, 15) is 0 Å². The number of furan rings is 1. The lowest BCUT2D eigenvalue weighted by atomic mass is 10.3. The highest BCUT2D eigenvalue weighted by Gasteiger charge is 1.88. The van der Waals surface area contributed by atoms with E-state index >= 15 is 0 Å². The number of hydrogen-bond acceptors (Lipinski definition) is 5. The molecule has 96 valence electrons. The number of hydrogen-bond donors (Lipinski definition) is 4. The molecule has 0 aliphatic heterocycles. The van der Waals surface area contributed by atoms with Gasteiger partial charge in [-0.15, -0.1) is 0 Å². The van der Waals surface area contributed by atoms with E-state index < -0.39 is 8.53 Å². The zero-order valence-electron chi connectivity index (χ0n) is 9.83. The first-order valence-electron chi connectivity index (χ1n) is 5.14. The number of aryl methyl sites for hydroxylation is 1. The van der Waals surface area contributed by atoms with Crippen LogP contribution in [0.15, 0.2) is 22.8 Å². The van der Waals surface area contributed by atoms with Crippen molar-refractivity contribution in [3.63, 3.8) is 0 Å². The van der Waals surface area contributed by atoms with E-state index in [-0.39, 0.29) is 0 Å². The van der Waals surface area contributed by atoms with Crippen LogP contribution in [-0.4, -0.2) is 21.5 Å². The molecular weight excluding hydrogens is 229 g/mol. The second-order valence-electron chi connectivity index (χ2n) is 2.87. The van der Waals surface area contributed by atoms with Crippen molar-refractivity contribution in [2.45, 2.75) is 33.1 Å². The molecule has 1 heterocycles. The van der Waals surface area contributed by atoms with Crippen molar-refractivity contribution in [2.24, 2.45) is 5.50 Å². The van der Waals surface area contributed by atoms with Gasteiger partial charge < -0.3 is 19.3 Å². The molecule has 0 fully saturated rings. The summed E-state index contributed by atoms with van der Waals surface area (Å²) in [6.07, 6.45) is 4.81. The van der Waals surface area contributed by atoms with Gasteiger partial charge in [0, 0.05) is 13.0 Å². The summed E-state index contributed by atoms with van der Waals surface area (Å²) in [7, 11) is -2.12. The fraction of sp³-hybridized carbons (Fsp3) is 0.600. The van der Waals surface area contributed by atoms with Gasteiger partial charge in [0.15, 0.2) is 0 Å². The molecule has 0 unspecified atom stereocenters. The average molecular weight is 251 g/mol. The van der Waals surface area contributed by atoms with Crippen molar-refractivity contribution in [3.05, 3.63) is 24.2 Å². The van der Waals surface area contributed by atoms with Crippen molar-refractivity contribution < 1.29 is 19.3 Å². The smallest absolute Gasteiger partial charge is 0.247 e. The summed E-state index contributed by atoms with van der Waals surface area (Å²) in [6, 6.07) is 3.93. The topological polar surface area (TPSA) is 99.9 Å². The van der Waals surface area contributed by atoms with Crippen LogP contribution in [0, 0.1) is 0 Å². The van der Waals surface area contributed by atoms with Crippen LogP contribution < -0.4 is 5.50 Å². The SMILES string of the molecule is CCCO.CCCc1ccco1.NP(O)O. The maximum atomic E-state index is 7.88. The summed E-state index contributed by atoms with van der Waals surface area (Å²) in [5, 5.41) is 7.88. The maximum Gasteiger partial charge on any atom is 0.247 e. The predicted octanol–water partition coefficient (Wildman–Crippen LogP) is 1.78. The molecule has 1 aromatic rings. The molecule has 16 heavy (non-hydrogen) atoms. The number of aliphatic hydroxyl groups excluding tert-OH is 1. The lowest BCUT2D eigenvalue weighted by Crippen LogP contribution is -1.78. The van der Waals surface area contributed by atoms with Gasteiger partial charge in [-0.3, -0.25) is 5.50 Å². The molecule has 6 heteroatoms. The molecule has 5 nitrogen and oxygen atoms in total. The second-order valence-corrected chi connectivity index (χ2v) is 3.51. The van der Waals surface area contributed by atoms with Gasteiger partial charge in [0.2, 0.25) is 8.53 Å². The summed E-state index contributed by atoms with van der Waals surface area (Å²) in [5.74, 6) is 1.09. The molecule has 0 atom stereocenters. The molecule has 0 saturated carbocycles. The van der Waals surface area contributed by atoms with E-state index in [1.54, 1.807) is 6.26 Å². The first kappa shape index (κ1) is 17.9. The quantitative estimate of drug-likeness (QED) is 0.613. The fourth-order valence-corrected chi connectivity index (χ4v) is 0.701. The molecule has 0 aliphatic carbocycles. The van der Waals surface area contributed by atoms with Crippen LogP contribution in [0.4, 0.5) is 0 Å². The molecule has 0 aromatic carbocycles. The minimum absolute atomic E-state index is 0.319. The Hall–Kier alpha value is -0.450. The van der Waals surface area contributed by atoms with Crippen LogP contribution in [-0.2, 0) is 6.42 Å². The minimum Gasteiger partial charge on any atom is -0.469 e. The first-order chi connectivity index (χ1) is 7.58. The van der Waals surface area contributed by atoms with Gasteiger partial charge >= 0.3 is 0 Å². The molecule has 0 amide bonds. The summed E-state index contributed by atoms with van der Waals surface area (Å²) < 4.78 is 5.07. The summed E-state index contributed by atoms with van der Waals surface area (Å²) >= 11 is 0. The van der Waals surface area contributed by atoms with Crippen molar-refractivity contribution in [3.8, 4) is 0 Å². The Morgan fingerprint density at radius 1 is 1.31 bits per heavy atom. The Balaban J connectivity index is 0. The number of aliphatic hydroxyl groups is 1. The van der Waals surface area contributed by atoms with Crippen LogP contribution in [0.2, 0.25) is 0 Å². The largest absolute Gasteiger partial charge is 0.469 e. The average Bonchev–Trinajstić information content (AvgIpc) is 2.71.